The molecule has 2 aliphatic carbocycles. The highest BCUT2D eigenvalue weighted by atomic mass is 16.1. The highest BCUT2D eigenvalue weighted by Crippen LogP contribution is 2.52. The average Bonchev–Trinajstić information content (AvgIpc) is 2.15. The molecule has 0 aromatic carbocycles. The minimum atomic E-state index is 0.200. The number of hydrogen-bond acceptors (Lipinski definition) is 1. The molecule has 0 N–H and O–H groups in total. The Balaban J connectivity index is 2.34. The maximum Gasteiger partial charge on any atom is 0.159 e. The van der Waals surface area contributed by atoms with E-state index in [1.807, 2.05) is 0 Å². The summed E-state index contributed by atoms with van der Waals surface area (Å²) >= 11 is 0. The fraction of sp³-hybridized carbons (Fsp3) is 0.667. The lowest BCUT2D eigenvalue weighted by Crippen LogP contribution is -2.39. The minimum absolute atomic E-state index is 0.200. The Bertz CT molecular complexity index is 371. The van der Waals surface area contributed by atoms with Gasteiger partial charge in [0.1, 0.15) is 0 Å². The minimum Gasteiger partial charge on any atom is -0.295 e. The first-order chi connectivity index (χ1) is 7.44. The number of hydrogen-bond donors (Lipinski definition) is 0. The van der Waals surface area contributed by atoms with E-state index < -0.39 is 0 Å². The summed E-state index contributed by atoms with van der Waals surface area (Å²) in [5.41, 5.74) is 3.85. The van der Waals surface area contributed by atoms with Crippen LogP contribution >= 0.6 is 0 Å². The Morgan fingerprint density at radius 3 is 2.75 bits per heavy atom. The number of allylic oxidation sites excluding steroid dienone is 3. The van der Waals surface area contributed by atoms with E-state index >= 15 is 0 Å². The van der Waals surface area contributed by atoms with Crippen molar-refractivity contribution in [2.45, 2.75) is 52.9 Å². The second-order valence-electron chi connectivity index (χ2n) is 6.00. The predicted octanol–water partition coefficient (Wildman–Crippen LogP) is 4.05. The van der Waals surface area contributed by atoms with Crippen LogP contribution in [0.2, 0.25) is 0 Å². The lowest BCUT2D eigenvalue weighted by Gasteiger charge is -2.46. The van der Waals surface area contributed by atoms with E-state index in [4.69, 9.17) is 0 Å². The lowest BCUT2D eigenvalue weighted by molar-refractivity contribution is -0.120. The highest BCUT2D eigenvalue weighted by Gasteiger charge is 2.44. The standard InChI is InChI=1S/C15H22O/c1-10(2)12-8-13-11(3)6-5-7-15(13,4)9-14(12)16/h13H,3,5-9H2,1-2,4H3/t13-,15-/m1/s1. The molecule has 0 saturated heterocycles. The van der Waals surface area contributed by atoms with Gasteiger partial charge in [-0.05, 0) is 56.4 Å². The molecule has 2 fully saturated rings. The molecule has 0 unspecified atom stereocenters. The van der Waals surface area contributed by atoms with Crippen molar-refractivity contribution in [2.24, 2.45) is 11.3 Å². The molecule has 0 heterocycles. The van der Waals surface area contributed by atoms with Crippen molar-refractivity contribution < 1.29 is 4.79 Å². The zero-order chi connectivity index (χ0) is 11.9. The van der Waals surface area contributed by atoms with Crippen molar-refractivity contribution in [3.8, 4) is 0 Å². The fourth-order valence-electron chi connectivity index (χ4n) is 3.44. The van der Waals surface area contributed by atoms with Gasteiger partial charge in [0.25, 0.3) is 0 Å². The summed E-state index contributed by atoms with van der Waals surface area (Å²) < 4.78 is 0. The van der Waals surface area contributed by atoms with Crippen molar-refractivity contribution in [3.05, 3.63) is 23.3 Å². The van der Waals surface area contributed by atoms with Gasteiger partial charge in [0.2, 0.25) is 0 Å². The van der Waals surface area contributed by atoms with E-state index in [1.165, 1.54) is 24.0 Å². The van der Waals surface area contributed by atoms with E-state index in [0.717, 1.165) is 24.8 Å². The van der Waals surface area contributed by atoms with Gasteiger partial charge in [-0.25, -0.2) is 0 Å². The Morgan fingerprint density at radius 2 is 2.12 bits per heavy atom. The first-order valence-corrected chi connectivity index (χ1v) is 6.31. The Kier molecular flexibility index (Phi) is 2.81. The fourth-order valence-corrected chi connectivity index (χ4v) is 3.44. The molecule has 2 saturated carbocycles. The first-order valence-electron chi connectivity index (χ1n) is 6.31. The van der Waals surface area contributed by atoms with Crippen molar-refractivity contribution in [2.75, 3.05) is 0 Å². The average molecular weight is 218 g/mol. The van der Waals surface area contributed by atoms with Crippen LogP contribution < -0.4 is 0 Å². The van der Waals surface area contributed by atoms with Crippen LogP contribution in [0.25, 0.3) is 0 Å². The van der Waals surface area contributed by atoms with E-state index in [9.17, 15) is 4.79 Å². The molecule has 2 rings (SSSR count). The first kappa shape index (κ1) is 11.6. The summed E-state index contributed by atoms with van der Waals surface area (Å²) in [7, 11) is 0. The normalized spacial score (nSPS) is 34.9. The molecule has 1 nitrogen and oxygen atoms in total. The molecule has 0 aromatic heterocycles. The summed E-state index contributed by atoms with van der Waals surface area (Å²) in [6.45, 7) is 10.6. The van der Waals surface area contributed by atoms with Gasteiger partial charge in [0, 0.05) is 6.42 Å². The van der Waals surface area contributed by atoms with Crippen molar-refractivity contribution >= 4 is 5.78 Å². The molecule has 0 aliphatic heterocycles. The molecular weight excluding hydrogens is 196 g/mol. The molecule has 0 aromatic rings. The molecule has 0 radical (unpaired) electrons. The summed E-state index contributed by atoms with van der Waals surface area (Å²) in [4.78, 5) is 12.1. The predicted molar refractivity (Wildman–Crippen MR) is 67.2 cm³/mol. The van der Waals surface area contributed by atoms with E-state index in [0.29, 0.717) is 11.7 Å². The Morgan fingerprint density at radius 1 is 1.44 bits per heavy atom. The number of fused-ring (bicyclic) bond motifs is 1. The smallest absolute Gasteiger partial charge is 0.159 e. The molecule has 16 heavy (non-hydrogen) atoms. The van der Waals surface area contributed by atoms with Crippen molar-refractivity contribution in [3.63, 3.8) is 0 Å². The van der Waals surface area contributed by atoms with Crippen molar-refractivity contribution in [1.82, 2.24) is 0 Å². The summed E-state index contributed by atoms with van der Waals surface area (Å²) in [5, 5.41) is 0. The van der Waals surface area contributed by atoms with Crippen molar-refractivity contribution in [1.29, 1.82) is 0 Å². The molecule has 1 heteroatoms. The quantitative estimate of drug-likeness (QED) is 0.443. The van der Waals surface area contributed by atoms with Crippen LogP contribution in [0.1, 0.15) is 52.9 Å². The topological polar surface area (TPSA) is 17.1 Å². The summed E-state index contributed by atoms with van der Waals surface area (Å²) in [6.07, 6.45) is 5.24. The van der Waals surface area contributed by atoms with Crippen LogP contribution in [0.15, 0.2) is 23.3 Å². The molecule has 2 aliphatic rings. The zero-order valence-electron chi connectivity index (χ0n) is 10.7. The number of carbonyl (C=O) groups is 1. The van der Waals surface area contributed by atoms with Gasteiger partial charge < -0.3 is 0 Å². The third-order valence-electron chi connectivity index (χ3n) is 4.49. The summed E-state index contributed by atoms with van der Waals surface area (Å²) in [5.74, 6) is 0.928. The third kappa shape index (κ3) is 1.77. The Labute approximate surface area is 98.6 Å². The van der Waals surface area contributed by atoms with Gasteiger partial charge in [-0.15, -0.1) is 0 Å². The second kappa shape index (κ2) is 3.87. The monoisotopic (exact) mass is 218 g/mol. The number of rotatable bonds is 0. The van der Waals surface area contributed by atoms with Gasteiger partial charge in [-0.3, -0.25) is 4.79 Å². The van der Waals surface area contributed by atoms with Gasteiger partial charge in [-0.1, -0.05) is 24.6 Å². The molecule has 88 valence electrons. The van der Waals surface area contributed by atoms with Gasteiger partial charge >= 0.3 is 0 Å². The molecular formula is C15H22O. The molecule has 2 atom stereocenters. The van der Waals surface area contributed by atoms with Crippen LogP contribution in [-0.2, 0) is 4.79 Å². The number of carbonyl (C=O) groups excluding carboxylic acids is 1. The second-order valence-corrected chi connectivity index (χ2v) is 6.00. The maximum atomic E-state index is 12.1. The molecule has 0 amide bonds. The highest BCUT2D eigenvalue weighted by molar-refractivity contribution is 5.97. The van der Waals surface area contributed by atoms with Crippen LogP contribution in [-0.4, -0.2) is 5.78 Å². The van der Waals surface area contributed by atoms with Crippen LogP contribution in [0, 0.1) is 11.3 Å². The van der Waals surface area contributed by atoms with Crippen LogP contribution in [0.3, 0.4) is 0 Å². The van der Waals surface area contributed by atoms with Crippen LogP contribution in [0.5, 0.6) is 0 Å². The van der Waals surface area contributed by atoms with Crippen LogP contribution in [0.4, 0.5) is 0 Å². The maximum absolute atomic E-state index is 12.1. The van der Waals surface area contributed by atoms with E-state index in [-0.39, 0.29) is 5.41 Å². The van der Waals surface area contributed by atoms with Gasteiger partial charge in [-0.2, -0.15) is 0 Å². The van der Waals surface area contributed by atoms with E-state index in [2.05, 4.69) is 27.4 Å². The van der Waals surface area contributed by atoms with E-state index in [1.54, 1.807) is 0 Å². The van der Waals surface area contributed by atoms with Gasteiger partial charge in [0.15, 0.2) is 5.78 Å². The number of Topliss-reactive ketones (excluding diaryl/α,β-unsaturated/α-hetero) is 1. The lowest BCUT2D eigenvalue weighted by atomic mass is 9.57. The Hall–Kier alpha value is -0.850. The number of ketones is 1. The molecule has 0 bridgehead atoms. The zero-order valence-corrected chi connectivity index (χ0v) is 10.7. The molecule has 0 spiro atoms. The SMILES string of the molecule is C=C1CCC[C@]2(C)CC(=O)C(=C(C)C)C[C@H]12. The van der Waals surface area contributed by atoms with Gasteiger partial charge in [0.05, 0.1) is 0 Å². The summed E-state index contributed by atoms with van der Waals surface area (Å²) in [6, 6.07) is 0. The largest absolute Gasteiger partial charge is 0.295 e. The third-order valence-corrected chi connectivity index (χ3v) is 4.49.